The minimum Gasteiger partial charge on any atom is -0.376 e. The van der Waals surface area contributed by atoms with Crippen LogP contribution in [-0.2, 0) is 14.8 Å². The van der Waals surface area contributed by atoms with Gasteiger partial charge < -0.3 is 10.6 Å². The molecular formula is C22H29N3O3S. The monoisotopic (exact) mass is 415 g/mol. The Hall–Kier alpha value is -2.38. The first kappa shape index (κ1) is 21.3. The van der Waals surface area contributed by atoms with Gasteiger partial charge in [0.1, 0.15) is 0 Å². The van der Waals surface area contributed by atoms with E-state index in [9.17, 15) is 13.2 Å². The van der Waals surface area contributed by atoms with Gasteiger partial charge in [0, 0.05) is 18.8 Å². The minimum atomic E-state index is -3.50. The van der Waals surface area contributed by atoms with Crippen LogP contribution in [0.3, 0.4) is 0 Å². The largest absolute Gasteiger partial charge is 0.376 e. The van der Waals surface area contributed by atoms with Crippen molar-refractivity contribution in [1.82, 2.24) is 9.62 Å². The SMILES string of the molecule is Cc1ccc(S(=O)(=O)N2CCCCC2)cc1NCC(=O)N[C@H](C)c1ccccc1. The number of sulfonamides is 1. The van der Waals surface area contributed by atoms with Crippen LogP contribution in [0.1, 0.15) is 43.4 Å². The summed E-state index contributed by atoms with van der Waals surface area (Å²) in [5, 5.41) is 6.04. The average molecular weight is 416 g/mol. The van der Waals surface area contributed by atoms with E-state index in [0.717, 1.165) is 30.4 Å². The van der Waals surface area contributed by atoms with Crippen molar-refractivity contribution in [3.8, 4) is 0 Å². The summed E-state index contributed by atoms with van der Waals surface area (Å²) in [6.45, 7) is 5.04. The van der Waals surface area contributed by atoms with E-state index in [4.69, 9.17) is 0 Å². The molecule has 1 fully saturated rings. The standard InChI is InChI=1S/C22H29N3O3S/c1-17-11-12-20(29(27,28)25-13-7-4-8-14-25)15-21(17)23-16-22(26)24-18(2)19-9-5-3-6-10-19/h3,5-6,9-12,15,18,23H,4,7-8,13-14,16H2,1-2H3,(H,24,26)/t18-/m1/s1. The van der Waals surface area contributed by atoms with E-state index in [1.165, 1.54) is 0 Å². The van der Waals surface area contributed by atoms with Gasteiger partial charge in [-0.25, -0.2) is 8.42 Å². The summed E-state index contributed by atoms with van der Waals surface area (Å²) in [6, 6.07) is 14.7. The number of carbonyl (C=O) groups is 1. The summed E-state index contributed by atoms with van der Waals surface area (Å²) < 4.78 is 27.4. The lowest BCUT2D eigenvalue weighted by atomic mass is 10.1. The topological polar surface area (TPSA) is 78.5 Å². The molecule has 0 aliphatic carbocycles. The third kappa shape index (κ3) is 5.36. The molecule has 2 aromatic carbocycles. The molecule has 1 saturated heterocycles. The molecular weight excluding hydrogens is 386 g/mol. The molecule has 1 heterocycles. The van der Waals surface area contributed by atoms with Gasteiger partial charge in [0.05, 0.1) is 17.5 Å². The lowest BCUT2D eigenvalue weighted by molar-refractivity contribution is -0.120. The van der Waals surface area contributed by atoms with Crippen LogP contribution in [0.5, 0.6) is 0 Å². The lowest BCUT2D eigenvalue weighted by Gasteiger charge is -2.26. The zero-order valence-corrected chi connectivity index (χ0v) is 17.8. The molecule has 29 heavy (non-hydrogen) atoms. The fraction of sp³-hybridized carbons (Fsp3) is 0.409. The molecule has 3 rings (SSSR count). The van der Waals surface area contributed by atoms with Crippen LogP contribution in [0.15, 0.2) is 53.4 Å². The van der Waals surface area contributed by atoms with Gasteiger partial charge in [-0.3, -0.25) is 4.79 Å². The number of carbonyl (C=O) groups excluding carboxylic acids is 1. The molecule has 0 spiro atoms. The van der Waals surface area contributed by atoms with Gasteiger partial charge in [-0.05, 0) is 49.9 Å². The number of hydrogen-bond acceptors (Lipinski definition) is 4. The molecule has 0 aromatic heterocycles. The first-order valence-corrected chi connectivity index (χ1v) is 11.5. The van der Waals surface area contributed by atoms with Gasteiger partial charge in [-0.1, -0.05) is 42.8 Å². The zero-order chi connectivity index (χ0) is 20.9. The predicted molar refractivity (Wildman–Crippen MR) is 115 cm³/mol. The van der Waals surface area contributed by atoms with Crippen molar-refractivity contribution in [2.75, 3.05) is 25.0 Å². The summed E-state index contributed by atoms with van der Waals surface area (Å²) in [5.41, 5.74) is 2.59. The van der Waals surface area contributed by atoms with Crippen LogP contribution < -0.4 is 10.6 Å². The highest BCUT2D eigenvalue weighted by Crippen LogP contribution is 2.25. The quantitative estimate of drug-likeness (QED) is 0.726. The minimum absolute atomic E-state index is 0.0746. The number of hydrogen-bond donors (Lipinski definition) is 2. The molecule has 0 radical (unpaired) electrons. The summed E-state index contributed by atoms with van der Waals surface area (Å²) in [4.78, 5) is 12.6. The van der Waals surface area contributed by atoms with Gasteiger partial charge >= 0.3 is 0 Å². The first-order valence-electron chi connectivity index (χ1n) is 10.1. The molecule has 2 aromatic rings. The number of benzene rings is 2. The second-order valence-electron chi connectivity index (χ2n) is 7.49. The molecule has 6 nitrogen and oxygen atoms in total. The van der Waals surface area contributed by atoms with Crippen molar-refractivity contribution < 1.29 is 13.2 Å². The Morgan fingerprint density at radius 1 is 1.07 bits per heavy atom. The zero-order valence-electron chi connectivity index (χ0n) is 17.0. The van der Waals surface area contributed by atoms with Crippen molar-refractivity contribution in [2.45, 2.75) is 44.0 Å². The summed E-state index contributed by atoms with van der Waals surface area (Å²) >= 11 is 0. The number of nitrogens with zero attached hydrogens (tertiary/aromatic N) is 1. The summed E-state index contributed by atoms with van der Waals surface area (Å²) in [5.74, 6) is -0.148. The molecule has 1 amide bonds. The highest BCUT2D eigenvalue weighted by atomic mass is 32.2. The molecule has 1 atom stereocenters. The molecule has 0 unspecified atom stereocenters. The number of aryl methyl sites for hydroxylation is 1. The second kappa shape index (κ2) is 9.41. The Labute approximate surface area is 173 Å². The van der Waals surface area contributed by atoms with Crippen LogP contribution in [0, 0.1) is 6.92 Å². The fourth-order valence-corrected chi connectivity index (χ4v) is 5.04. The third-order valence-electron chi connectivity index (χ3n) is 5.28. The molecule has 1 aliphatic rings. The Bertz CT molecular complexity index is 939. The maximum absolute atomic E-state index is 12.9. The number of nitrogens with one attached hydrogen (secondary N) is 2. The average Bonchev–Trinajstić information content (AvgIpc) is 2.74. The van der Waals surface area contributed by atoms with Crippen molar-refractivity contribution in [3.05, 3.63) is 59.7 Å². The Morgan fingerprint density at radius 3 is 2.45 bits per heavy atom. The number of amides is 1. The third-order valence-corrected chi connectivity index (χ3v) is 7.17. The van der Waals surface area contributed by atoms with Crippen LogP contribution >= 0.6 is 0 Å². The normalized spacial score (nSPS) is 16.2. The molecule has 0 bridgehead atoms. The number of anilines is 1. The van der Waals surface area contributed by atoms with Crippen molar-refractivity contribution in [3.63, 3.8) is 0 Å². The Morgan fingerprint density at radius 2 is 1.76 bits per heavy atom. The van der Waals surface area contributed by atoms with Gasteiger partial charge in [-0.2, -0.15) is 4.31 Å². The summed E-state index contributed by atoms with van der Waals surface area (Å²) in [6.07, 6.45) is 2.87. The van der Waals surface area contributed by atoms with Gasteiger partial charge in [0.25, 0.3) is 0 Å². The molecule has 2 N–H and O–H groups in total. The van der Waals surface area contributed by atoms with Crippen LogP contribution in [0.25, 0.3) is 0 Å². The van der Waals surface area contributed by atoms with Gasteiger partial charge in [0.2, 0.25) is 15.9 Å². The Kier molecular flexibility index (Phi) is 6.92. The first-order chi connectivity index (χ1) is 13.9. The Balaban J connectivity index is 1.65. The van der Waals surface area contributed by atoms with Crippen molar-refractivity contribution in [1.29, 1.82) is 0 Å². The molecule has 0 saturated carbocycles. The number of piperidine rings is 1. The van der Waals surface area contributed by atoms with Gasteiger partial charge in [0.15, 0.2) is 0 Å². The second-order valence-corrected chi connectivity index (χ2v) is 9.43. The van der Waals surface area contributed by atoms with Crippen molar-refractivity contribution in [2.24, 2.45) is 0 Å². The van der Waals surface area contributed by atoms with E-state index >= 15 is 0 Å². The van der Waals surface area contributed by atoms with E-state index in [-0.39, 0.29) is 23.4 Å². The van der Waals surface area contributed by atoms with E-state index in [1.807, 2.05) is 44.2 Å². The maximum atomic E-state index is 12.9. The molecule has 1 aliphatic heterocycles. The van der Waals surface area contributed by atoms with E-state index in [1.54, 1.807) is 22.5 Å². The fourth-order valence-electron chi connectivity index (χ4n) is 3.50. The van der Waals surface area contributed by atoms with Crippen LogP contribution in [-0.4, -0.2) is 38.3 Å². The maximum Gasteiger partial charge on any atom is 0.243 e. The van der Waals surface area contributed by atoms with E-state index in [2.05, 4.69) is 10.6 Å². The van der Waals surface area contributed by atoms with Crippen molar-refractivity contribution >= 4 is 21.6 Å². The van der Waals surface area contributed by atoms with Crippen LogP contribution in [0.2, 0.25) is 0 Å². The van der Waals surface area contributed by atoms with E-state index < -0.39 is 10.0 Å². The molecule has 156 valence electrons. The van der Waals surface area contributed by atoms with E-state index in [0.29, 0.717) is 18.8 Å². The molecule has 7 heteroatoms. The van der Waals surface area contributed by atoms with Gasteiger partial charge in [-0.15, -0.1) is 0 Å². The smallest absolute Gasteiger partial charge is 0.243 e. The van der Waals surface area contributed by atoms with Crippen LogP contribution in [0.4, 0.5) is 5.69 Å². The highest BCUT2D eigenvalue weighted by molar-refractivity contribution is 7.89. The predicted octanol–water partition coefficient (Wildman–Crippen LogP) is 3.46. The lowest BCUT2D eigenvalue weighted by Crippen LogP contribution is -2.35. The number of rotatable bonds is 7. The summed E-state index contributed by atoms with van der Waals surface area (Å²) in [7, 11) is -3.50. The highest BCUT2D eigenvalue weighted by Gasteiger charge is 2.26.